The number of thiol groups is 2. The first kappa shape index (κ1) is 17.2. The van der Waals surface area contributed by atoms with Crippen molar-refractivity contribution in [3.05, 3.63) is 0 Å². The third-order valence-corrected chi connectivity index (χ3v) is 2.51. The zero-order chi connectivity index (χ0) is 12.9. The van der Waals surface area contributed by atoms with Crippen LogP contribution >= 0.6 is 49.7 Å². The van der Waals surface area contributed by atoms with Gasteiger partial charge in [-0.1, -0.05) is 43.7 Å². The van der Waals surface area contributed by atoms with E-state index in [2.05, 4.69) is 35.2 Å². The van der Waals surface area contributed by atoms with Crippen molar-refractivity contribution in [1.29, 1.82) is 0 Å². The fourth-order valence-electron chi connectivity index (χ4n) is 1.29. The summed E-state index contributed by atoms with van der Waals surface area (Å²) in [6.07, 6.45) is 11.7. The average Bonchev–Trinajstić information content (AvgIpc) is 2.25. The van der Waals surface area contributed by atoms with Gasteiger partial charge in [-0.3, -0.25) is 0 Å². The van der Waals surface area contributed by atoms with Crippen LogP contribution < -0.4 is 0 Å². The topological polar surface area (TPSA) is 24.7 Å². The molecule has 0 atom stereocenters. The van der Waals surface area contributed by atoms with E-state index in [-0.39, 0.29) is 0 Å². The van der Waals surface area contributed by atoms with E-state index in [9.17, 15) is 0 Å². The normalized spacial score (nSPS) is 11.4. The van der Waals surface area contributed by atoms with Gasteiger partial charge in [0.25, 0.3) is 0 Å². The Morgan fingerprint density at radius 3 is 1.47 bits per heavy atom. The van der Waals surface area contributed by atoms with Gasteiger partial charge in [-0.25, -0.2) is 9.98 Å². The quantitative estimate of drug-likeness (QED) is 0.303. The average molecular weight is 307 g/mol. The Balaban J connectivity index is 3.19. The van der Waals surface area contributed by atoms with E-state index in [1.54, 1.807) is 0 Å². The number of hydrogen-bond donors (Lipinski definition) is 2. The van der Waals surface area contributed by atoms with Crippen LogP contribution in [0.4, 0.5) is 0 Å². The minimum atomic E-state index is 0.409. The Bertz CT molecular complexity index is 259. The molecule has 0 aliphatic rings. The molecule has 0 unspecified atom stereocenters. The minimum Gasteiger partial charge on any atom is -0.243 e. The summed E-state index contributed by atoms with van der Waals surface area (Å²) in [7, 11) is 0. The lowest BCUT2D eigenvalue weighted by molar-refractivity contribution is 0.635. The highest BCUT2D eigenvalue weighted by molar-refractivity contribution is 8.11. The molecule has 0 aromatic carbocycles. The summed E-state index contributed by atoms with van der Waals surface area (Å²) in [4.78, 5) is 7.87. The Morgan fingerprint density at radius 2 is 1.12 bits per heavy atom. The Hall–Kier alpha value is 0.220. The molecule has 0 saturated heterocycles. The number of aliphatic imine (C=N–C) groups is 2. The van der Waals surface area contributed by atoms with Crippen molar-refractivity contribution in [2.45, 2.75) is 44.9 Å². The van der Waals surface area contributed by atoms with E-state index in [0.717, 1.165) is 25.7 Å². The van der Waals surface area contributed by atoms with Gasteiger partial charge in [-0.15, -0.1) is 25.3 Å². The van der Waals surface area contributed by atoms with E-state index in [4.69, 9.17) is 24.4 Å². The van der Waals surface area contributed by atoms with E-state index in [0.29, 0.717) is 8.64 Å². The molecule has 0 heterocycles. The van der Waals surface area contributed by atoms with Crippen molar-refractivity contribution in [3.8, 4) is 0 Å². The van der Waals surface area contributed by atoms with Crippen molar-refractivity contribution in [2.24, 2.45) is 9.98 Å². The molecule has 6 heteroatoms. The lowest BCUT2D eigenvalue weighted by atomic mass is 10.1. The molecule has 0 aromatic rings. The second kappa shape index (κ2) is 12.7. The maximum absolute atomic E-state index is 4.71. The van der Waals surface area contributed by atoms with Crippen LogP contribution in [0.15, 0.2) is 9.98 Å². The molecule has 0 saturated carbocycles. The first-order valence-corrected chi connectivity index (χ1v) is 7.35. The molecule has 0 aliphatic heterocycles. The van der Waals surface area contributed by atoms with Crippen molar-refractivity contribution >= 4 is 70.8 Å². The summed E-state index contributed by atoms with van der Waals surface area (Å²) >= 11 is 17.2. The summed E-state index contributed by atoms with van der Waals surface area (Å²) < 4.78 is 0.817. The molecular formula is C11H18N2S4. The summed E-state index contributed by atoms with van der Waals surface area (Å²) in [6, 6.07) is 0. The summed E-state index contributed by atoms with van der Waals surface area (Å²) in [5.74, 6) is 0. The monoisotopic (exact) mass is 306 g/mol. The van der Waals surface area contributed by atoms with Gasteiger partial charge < -0.3 is 0 Å². The van der Waals surface area contributed by atoms with E-state index < -0.39 is 0 Å². The molecule has 0 aliphatic carbocycles. The van der Waals surface area contributed by atoms with Crippen molar-refractivity contribution in [1.82, 2.24) is 0 Å². The second-order valence-corrected chi connectivity index (χ2v) is 5.76. The first-order chi connectivity index (χ1) is 8.13. The Labute approximate surface area is 125 Å². The standard InChI is InChI=1S/C11H18N2S4/c14-10(15)12-8-6-4-2-1-3-5-7-9-13-11(16)17/h8-9H,1-7H2,(H,14,15)(H,16,17). The number of nitrogens with zero attached hydrogens (tertiary/aromatic N) is 2. The zero-order valence-corrected chi connectivity index (χ0v) is 13.1. The first-order valence-electron chi connectivity index (χ1n) is 5.64. The minimum absolute atomic E-state index is 0.409. The summed E-state index contributed by atoms with van der Waals surface area (Å²) in [5, 5.41) is 0. The van der Waals surface area contributed by atoms with Gasteiger partial charge in [0.1, 0.15) is 0 Å². The highest BCUT2D eigenvalue weighted by Gasteiger charge is 1.90. The molecule has 2 nitrogen and oxygen atoms in total. The van der Waals surface area contributed by atoms with E-state index in [1.807, 2.05) is 12.4 Å². The fraction of sp³-hybridized carbons (Fsp3) is 0.636. The smallest absolute Gasteiger partial charge is 0.156 e. The third kappa shape index (κ3) is 16.2. The molecule has 0 bridgehead atoms. The van der Waals surface area contributed by atoms with Crippen molar-refractivity contribution in [2.75, 3.05) is 0 Å². The van der Waals surface area contributed by atoms with Crippen molar-refractivity contribution in [3.63, 3.8) is 0 Å². The maximum atomic E-state index is 4.71. The third-order valence-electron chi connectivity index (χ3n) is 2.07. The lowest BCUT2D eigenvalue weighted by Gasteiger charge is -1.97. The fourth-order valence-corrected chi connectivity index (χ4v) is 1.60. The van der Waals surface area contributed by atoms with Gasteiger partial charge in [0.15, 0.2) is 8.64 Å². The Morgan fingerprint density at radius 1 is 0.765 bits per heavy atom. The van der Waals surface area contributed by atoms with Crippen LogP contribution in [-0.2, 0) is 0 Å². The summed E-state index contributed by atoms with van der Waals surface area (Å²) in [5.41, 5.74) is 0. The molecule has 0 amide bonds. The van der Waals surface area contributed by atoms with Crippen LogP contribution in [0.5, 0.6) is 0 Å². The molecular weight excluding hydrogens is 288 g/mol. The zero-order valence-electron chi connectivity index (χ0n) is 9.71. The molecule has 0 radical (unpaired) electrons. The van der Waals surface area contributed by atoms with Crippen LogP contribution in [0.25, 0.3) is 0 Å². The van der Waals surface area contributed by atoms with Crippen LogP contribution in [0.3, 0.4) is 0 Å². The second-order valence-electron chi connectivity index (χ2n) is 3.53. The van der Waals surface area contributed by atoms with E-state index in [1.165, 1.54) is 19.3 Å². The predicted molar refractivity (Wildman–Crippen MR) is 92.5 cm³/mol. The van der Waals surface area contributed by atoms with Crippen LogP contribution in [0, 0.1) is 0 Å². The number of unbranched alkanes of at least 4 members (excludes halogenated alkanes) is 6. The molecule has 17 heavy (non-hydrogen) atoms. The highest BCUT2D eigenvalue weighted by Crippen LogP contribution is 2.06. The number of thiocarbonyl (C=S) groups is 2. The van der Waals surface area contributed by atoms with Crippen LogP contribution in [-0.4, -0.2) is 21.1 Å². The molecule has 0 spiro atoms. The van der Waals surface area contributed by atoms with Gasteiger partial charge in [-0.05, 0) is 25.7 Å². The number of rotatable bonds is 8. The molecule has 96 valence electrons. The van der Waals surface area contributed by atoms with Gasteiger partial charge in [0.05, 0.1) is 0 Å². The van der Waals surface area contributed by atoms with E-state index >= 15 is 0 Å². The lowest BCUT2D eigenvalue weighted by Crippen LogP contribution is -1.84. The van der Waals surface area contributed by atoms with Gasteiger partial charge in [-0.2, -0.15) is 0 Å². The Kier molecular flexibility index (Phi) is 12.8. The van der Waals surface area contributed by atoms with Crippen LogP contribution in [0.1, 0.15) is 44.9 Å². The van der Waals surface area contributed by atoms with Gasteiger partial charge in [0.2, 0.25) is 0 Å². The molecule has 0 N–H and O–H groups in total. The molecule has 0 rings (SSSR count). The van der Waals surface area contributed by atoms with Crippen molar-refractivity contribution < 1.29 is 0 Å². The largest absolute Gasteiger partial charge is 0.243 e. The number of hydrogen-bond acceptors (Lipinski definition) is 2. The van der Waals surface area contributed by atoms with Crippen LogP contribution in [0.2, 0.25) is 0 Å². The molecule has 0 aromatic heterocycles. The predicted octanol–water partition coefficient (Wildman–Crippen LogP) is 4.29. The maximum Gasteiger partial charge on any atom is 0.156 e. The highest BCUT2D eigenvalue weighted by atomic mass is 32.1. The van der Waals surface area contributed by atoms with Gasteiger partial charge >= 0.3 is 0 Å². The summed E-state index contributed by atoms with van der Waals surface area (Å²) in [6.45, 7) is 0. The molecule has 0 fully saturated rings. The SMILES string of the molecule is S=C(S)N=CCCCCCCCC=NC(=S)S. The van der Waals surface area contributed by atoms with Gasteiger partial charge in [0, 0.05) is 12.4 Å².